The van der Waals surface area contributed by atoms with E-state index in [0.717, 1.165) is 38.0 Å². The third kappa shape index (κ3) is 5.45. The molecular formula is C21H25N3O. The molecule has 2 N–H and O–H groups in total. The molecule has 1 amide bonds. The molecule has 1 heterocycles. The number of carbonyl (C=O) groups excluding carboxylic acids is 1. The molecule has 0 unspecified atom stereocenters. The highest BCUT2D eigenvalue weighted by Crippen LogP contribution is 2.19. The molecule has 1 aromatic heterocycles. The Bertz CT molecular complexity index is 725. The van der Waals surface area contributed by atoms with Crippen molar-refractivity contribution >= 4 is 11.7 Å². The molecule has 25 heavy (non-hydrogen) atoms. The summed E-state index contributed by atoms with van der Waals surface area (Å²) in [4.78, 5) is 16.2. The number of pyridine rings is 1. The van der Waals surface area contributed by atoms with Crippen molar-refractivity contribution in [1.29, 1.82) is 0 Å². The summed E-state index contributed by atoms with van der Waals surface area (Å²) in [5, 5.41) is 6.28. The zero-order chi connectivity index (χ0) is 17.3. The minimum Gasteiger partial charge on any atom is -0.370 e. The Labute approximate surface area is 149 Å². The number of aryl methyl sites for hydroxylation is 1. The fourth-order valence-electron chi connectivity index (χ4n) is 3.05. The summed E-state index contributed by atoms with van der Waals surface area (Å²) >= 11 is 0. The van der Waals surface area contributed by atoms with Crippen LogP contribution in [-0.2, 0) is 17.6 Å². The van der Waals surface area contributed by atoms with E-state index in [1.807, 2.05) is 18.2 Å². The maximum atomic E-state index is 12.0. The normalized spacial score (nSPS) is 13.4. The van der Waals surface area contributed by atoms with E-state index in [-0.39, 0.29) is 5.91 Å². The van der Waals surface area contributed by atoms with Gasteiger partial charge in [-0.2, -0.15) is 0 Å². The minimum absolute atomic E-state index is 0.116. The highest BCUT2D eigenvalue weighted by atomic mass is 16.1. The summed E-state index contributed by atoms with van der Waals surface area (Å²) in [6, 6.07) is 14.4. The first kappa shape index (κ1) is 17.2. The molecule has 0 saturated carbocycles. The Hall–Kier alpha value is -2.62. The number of hydrogen-bond donors (Lipinski definition) is 2. The summed E-state index contributed by atoms with van der Waals surface area (Å²) in [5.41, 5.74) is 4.17. The van der Waals surface area contributed by atoms with Gasteiger partial charge in [-0.05, 0) is 48.9 Å². The number of allylic oxidation sites excluding steroid dienone is 1. The predicted octanol–water partition coefficient (Wildman–Crippen LogP) is 3.51. The molecule has 0 atom stereocenters. The SMILES string of the molecule is O=C(CCCNc1ccccn1)NCC1=CCc2ccccc2CC1. The van der Waals surface area contributed by atoms with E-state index in [9.17, 15) is 4.79 Å². The first-order valence-corrected chi connectivity index (χ1v) is 8.97. The Kier molecular flexibility index (Phi) is 6.21. The molecule has 1 aromatic carbocycles. The van der Waals surface area contributed by atoms with Crippen LogP contribution in [0.4, 0.5) is 5.82 Å². The monoisotopic (exact) mass is 335 g/mol. The van der Waals surface area contributed by atoms with Gasteiger partial charge in [-0.25, -0.2) is 4.98 Å². The number of fused-ring (bicyclic) bond motifs is 1. The van der Waals surface area contributed by atoms with Crippen molar-refractivity contribution in [1.82, 2.24) is 10.3 Å². The van der Waals surface area contributed by atoms with Crippen molar-refractivity contribution in [2.75, 3.05) is 18.4 Å². The highest BCUT2D eigenvalue weighted by molar-refractivity contribution is 5.76. The molecule has 2 aromatic rings. The number of carbonyl (C=O) groups is 1. The van der Waals surface area contributed by atoms with Gasteiger partial charge in [-0.3, -0.25) is 4.79 Å². The molecular weight excluding hydrogens is 310 g/mol. The van der Waals surface area contributed by atoms with Gasteiger partial charge in [0.05, 0.1) is 0 Å². The standard InChI is InChI=1S/C21H25N3O/c25-21(9-5-15-23-20-8-3-4-14-22-20)24-16-17-10-12-18-6-1-2-7-19(18)13-11-17/h1-4,6-8,10,14H,5,9,11-13,15-16H2,(H,22,23)(H,24,25). The molecule has 0 fully saturated rings. The molecule has 3 rings (SSSR count). The molecule has 0 saturated heterocycles. The van der Waals surface area contributed by atoms with Gasteiger partial charge < -0.3 is 10.6 Å². The third-order valence-corrected chi connectivity index (χ3v) is 4.51. The van der Waals surface area contributed by atoms with Crippen LogP contribution in [0.15, 0.2) is 60.3 Å². The van der Waals surface area contributed by atoms with Crippen LogP contribution in [0.3, 0.4) is 0 Å². The van der Waals surface area contributed by atoms with Crippen molar-refractivity contribution in [3.8, 4) is 0 Å². The van der Waals surface area contributed by atoms with Crippen LogP contribution in [0.25, 0.3) is 0 Å². The fourth-order valence-corrected chi connectivity index (χ4v) is 3.05. The number of amides is 1. The second-order valence-corrected chi connectivity index (χ2v) is 6.36. The highest BCUT2D eigenvalue weighted by Gasteiger charge is 2.09. The van der Waals surface area contributed by atoms with Crippen molar-refractivity contribution in [2.45, 2.75) is 32.1 Å². The second kappa shape index (κ2) is 9.02. The summed E-state index contributed by atoms with van der Waals surface area (Å²) in [6.45, 7) is 1.42. The van der Waals surface area contributed by atoms with Gasteiger partial charge in [-0.1, -0.05) is 42.0 Å². The first-order chi connectivity index (χ1) is 12.3. The lowest BCUT2D eigenvalue weighted by Gasteiger charge is -2.09. The van der Waals surface area contributed by atoms with Crippen molar-refractivity contribution in [2.24, 2.45) is 0 Å². The summed E-state index contributed by atoms with van der Waals surface area (Å²) < 4.78 is 0. The predicted molar refractivity (Wildman–Crippen MR) is 102 cm³/mol. The molecule has 0 aliphatic heterocycles. The van der Waals surface area contributed by atoms with E-state index in [0.29, 0.717) is 13.0 Å². The largest absolute Gasteiger partial charge is 0.370 e. The van der Waals surface area contributed by atoms with Gasteiger partial charge in [-0.15, -0.1) is 0 Å². The minimum atomic E-state index is 0.116. The number of nitrogens with one attached hydrogen (secondary N) is 2. The van der Waals surface area contributed by atoms with Crippen LogP contribution in [0, 0.1) is 0 Å². The lowest BCUT2D eigenvalue weighted by molar-refractivity contribution is -0.120. The first-order valence-electron chi connectivity index (χ1n) is 8.97. The molecule has 1 aliphatic rings. The molecule has 0 spiro atoms. The van der Waals surface area contributed by atoms with E-state index in [4.69, 9.17) is 0 Å². The molecule has 0 bridgehead atoms. The Morgan fingerprint density at radius 2 is 1.88 bits per heavy atom. The van der Waals surface area contributed by atoms with Crippen LogP contribution >= 0.6 is 0 Å². The molecule has 0 radical (unpaired) electrons. The summed E-state index contributed by atoms with van der Waals surface area (Å²) in [5.74, 6) is 0.969. The van der Waals surface area contributed by atoms with Crippen molar-refractivity contribution in [3.63, 3.8) is 0 Å². The van der Waals surface area contributed by atoms with E-state index >= 15 is 0 Å². The van der Waals surface area contributed by atoms with Gasteiger partial charge in [0.25, 0.3) is 0 Å². The Morgan fingerprint density at radius 3 is 2.72 bits per heavy atom. The van der Waals surface area contributed by atoms with E-state index in [2.05, 4.69) is 46.0 Å². The average molecular weight is 335 g/mol. The van der Waals surface area contributed by atoms with Crippen LogP contribution in [-0.4, -0.2) is 24.0 Å². The van der Waals surface area contributed by atoms with Crippen molar-refractivity contribution in [3.05, 3.63) is 71.4 Å². The quantitative estimate of drug-likeness (QED) is 0.601. The van der Waals surface area contributed by atoms with Gasteiger partial charge in [0.1, 0.15) is 5.82 Å². The molecule has 130 valence electrons. The van der Waals surface area contributed by atoms with Crippen LogP contribution in [0.5, 0.6) is 0 Å². The smallest absolute Gasteiger partial charge is 0.220 e. The van der Waals surface area contributed by atoms with Crippen molar-refractivity contribution < 1.29 is 4.79 Å². The molecule has 1 aliphatic carbocycles. The Morgan fingerprint density at radius 1 is 1.04 bits per heavy atom. The lowest BCUT2D eigenvalue weighted by atomic mass is 10.0. The van der Waals surface area contributed by atoms with Gasteiger partial charge in [0, 0.05) is 25.7 Å². The zero-order valence-electron chi connectivity index (χ0n) is 14.5. The zero-order valence-corrected chi connectivity index (χ0v) is 14.5. The van der Waals surface area contributed by atoms with E-state index in [1.165, 1.54) is 16.7 Å². The number of anilines is 1. The van der Waals surface area contributed by atoms with Gasteiger partial charge in [0.2, 0.25) is 5.91 Å². The topological polar surface area (TPSA) is 54.0 Å². The second-order valence-electron chi connectivity index (χ2n) is 6.36. The van der Waals surface area contributed by atoms with E-state index in [1.54, 1.807) is 6.20 Å². The Balaban J connectivity index is 1.34. The third-order valence-electron chi connectivity index (χ3n) is 4.51. The molecule has 4 heteroatoms. The van der Waals surface area contributed by atoms with Crippen LogP contribution in [0.2, 0.25) is 0 Å². The molecule has 4 nitrogen and oxygen atoms in total. The number of aromatic nitrogens is 1. The van der Waals surface area contributed by atoms with Gasteiger partial charge >= 0.3 is 0 Å². The fraction of sp³-hybridized carbons (Fsp3) is 0.333. The summed E-state index contributed by atoms with van der Waals surface area (Å²) in [6.07, 6.45) is 8.42. The maximum Gasteiger partial charge on any atom is 0.220 e. The van der Waals surface area contributed by atoms with Crippen LogP contribution < -0.4 is 10.6 Å². The van der Waals surface area contributed by atoms with Gasteiger partial charge in [0.15, 0.2) is 0 Å². The average Bonchev–Trinajstić information content (AvgIpc) is 2.87. The van der Waals surface area contributed by atoms with E-state index < -0.39 is 0 Å². The van der Waals surface area contributed by atoms with Crippen LogP contribution in [0.1, 0.15) is 30.4 Å². The lowest BCUT2D eigenvalue weighted by Crippen LogP contribution is -2.26. The number of nitrogens with zero attached hydrogens (tertiary/aromatic N) is 1. The number of hydrogen-bond acceptors (Lipinski definition) is 3. The number of benzene rings is 1. The summed E-state index contributed by atoms with van der Waals surface area (Å²) in [7, 11) is 0. The number of rotatable bonds is 7. The maximum absolute atomic E-state index is 12.0.